The minimum atomic E-state index is -0.453. The zero-order valence-corrected chi connectivity index (χ0v) is 17.6. The van der Waals surface area contributed by atoms with Crippen LogP contribution in [0.3, 0.4) is 0 Å². The van der Waals surface area contributed by atoms with E-state index in [2.05, 4.69) is 11.0 Å². The van der Waals surface area contributed by atoms with E-state index in [0.29, 0.717) is 16.9 Å². The number of fused-ring (bicyclic) bond motifs is 1. The van der Waals surface area contributed by atoms with Gasteiger partial charge in [-0.05, 0) is 48.9 Å². The first-order valence-corrected chi connectivity index (χ1v) is 10.5. The molecule has 1 saturated heterocycles. The van der Waals surface area contributed by atoms with Crippen molar-refractivity contribution < 1.29 is 19.3 Å². The van der Waals surface area contributed by atoms with Crippen LogP contribution in [0.25, 0.3) is 0 Å². The van der Waals surface area contributed by atoms with E-state index in [-0.39, 0.29) is 6.10 Å². The summed E-state index contributed by atoms with van der Waals surface area (Å²) in [6, 6.07) is 13.4. The number of likely N-dealkylation sites (tertiary alicyclic amines) is 1. The van der Waals surface area contributed by atoms with Gasteiger partial charge < -0.3 is 19.3 Å². The molecule has 29 heavy (non-hydrogen) atoms. The summed E-state index contributed by atoms with van der Waals surface area (Å²) in [7, 11) is 3.35. The van der Waals surface area contributed by atoms with Gasteiger partial charge in [-0.2, -0.15) is 0 Å². The van der Waals surface area contributed by atoms with Gasteiger partial charge in [0.2, 0.25) is 0 Å². The molecule has 5 nitrogen and oxygen atoms in total. The molecule has 0 aromatic heterocycles. The van der Waals surface area contributed by atoms with Crippen molar-refractivity contribution in [1.82, 2.24) is 4.90 Å². The average Bonchev–Trinajstić information content (AvgIpc) is 3.09. The molecule has 0 spiro atoms. The van der Waals surface area contributed by atoms with Crippen LogP contribution < -0.4 is 14.2 Å². The van der Waals surface area contributed by atoms with Crippen LogP contribution in [0.1, 0.15) is 18.4 Å². The molecule has 2 aromatic rings. The summed E-state index contributed by atoms with van der Waals surface area (Å²) in [5.74, 6) is 3.38. The van der Waals surface area contributed by atoms with Crippen LogP contribution >= 0.6 is 11.6 Å². The fourth-order valence-electron chi connectivity index (χ4n) is 4.68. The lowest BCUT2D eigenvalue weighted by molar-refractivity contribution is -0.0231. The second-order valence-electron chi connectivity index (χ2n) is 8.04. The molecule has 4 atom stereocenters. The molecule has 2 aliphatic rings. The lowest BCUT2D eigenvalue weighted by atomic mass is 9.78. The number of hydrogen-bond donors (Lipinski definition) is 1. The third-order valence-electron chi connectivity index (χ3n) is 6.13. The number of aliphatic hydroxyl groups excluding tert-OH is 1. The molecule has 1 aliphatic carbocycles. The van der Waals surface area contributed by atoms with Gasteiger partial charge in [-0.3, -0.25) is 4.90 Å². The lowest BCUT2D eigenvalue weighted by Crippen LogP contribution is -2.42. The Morgan fingerprint density at radius 2 is 1.79 bits per heavy atom. The summed E-state index contributed by atoms with van der Waals surface area (Å²) in [6.45, 7) is 2.82. The van der Waals surface area contributed by atoms with Gasteiger partial charge >= 0.3 is 0 Å². The lowest BCUT2D eigenvalue weighted by Gasteiger charge is -2.35. The Labute approximate surface area is 177 Å². The molecule has 0 amide bonds. The summed E-state index contributed by atoms with van der Waals surface area (Å²) in [6.07, 6.45) is 0.983. The van der Waals surface area contributed by atoms with E-state index in [1.165, 1.54) is 0 Å². The molecule has 0 bridgehead atoms. The SMILES string of the molecule is COc1ccc(CN2C[C@H]3C[C@@H](Oc4cccc(Cl)c4)[C@H](O)C[C@H]3C2)c(OC)c1. The highest BCUT2D eigenvalue weighted by Gasteiger charge is 2.42. The summed E-state index contributed by atoms with van der Waals surface area (Å²) < 4.78 is 16.9. The number of benzene rings is 2. The first kappa shape index (κ1) is 20.3. The van der Waals surface area contributed by atoms with Gasteiger partial charge in [0, 0.05) is 36.3 Å². The number of ether oxygens (including phenoxy) is 3. The molecular formula is C23H28ClNO4. The second kappa shape index (κ2) is 8.82. The Hall–Kier alpha value is -1.95. The van der Waals surface area contributed by atoms with Gasteiger partial charge in [-0.1, -0.05) is 23.7 Å². The van der Waals surface area contributed by atoms with Crippen molar-refractivity contribution in [3.8, 4) is 17.2 Å². The quantitative estimate of drug-likeness (QED) is 0.769. The first-order valence-electron chi connectivity index (χ1n) is 10.1. The molecule has 1 aliphatic heterocycles. The van der Waals surface area contributed by atoms with Crippen molar-refractivity contribution in [2.24, 2.45) is 11.8 Å². The Kier molecular flexibility index (Phi) is 6.18. The number of nitrogens with zero attached hydrogens (tertiary/aromatic N) is 1. The van der Waals surface area contributed by atoms with Crippen LogP contribution in [-0.4, -0.2) is 49.5 Å². The Morgan fingerprint density at radius 3 is 2.52 bits per heavy atom. The third-order valence-corrected chi connectivity index (χ3v) is 6.37. The van der Waals surface area contributed by atoms with Crippen molar-refractivity contribution >= 4 is 11.6 Å². The van der Waals surface area contributed by atoms with Crippen LogP contribution in [0.5, 0.6) is 17.2 Å². The van der Waals surface area contributed by atoms with Crippen LogP contribution in [0.4, 0.5) is 0 Å². The van der Waals surface area contributed by atoms with Gasteiger partial charge in [0.05, 0.1) is 20.3 Å². The molecule has 4 rings (SSSR count). The van der Waals surface area contributed by atoms with Crippen molar-refractivity contribution in [3.05, 3.63) is 53.1 Å². The van der Waals surface area contributed by atoms with E-state index in [0.717, 1.165) is 55.3 Å². The third kappa shape index (κ3) is 4.63. The average molecular weight is 418 g/mol. The van der Waals surface area contributed by atoms with E-state index in [1.807, 2.05) is 30.3 Å². The molecule has 1 heterocycles. The molecule has 1 N–H and O–H groups in total. The molecular weight excluding hydrogens is 390 g/mol. The molecule has 2 aromatic carbocycles. The highest BCUT2D eigenvalue weighted by atomic mass is 35.5. The Morgan fingerprint density at radius 1 is 1.00 bits per heavy atom. The van der Waals surface area contributed by atoms with Gasteiger partial charge in [-0.15, -0.1) is 0 Å². The minimum absolute atomic E-state index is 0.190. The van der Waals surface area contributed by atoms with E-state index in [9.17, 15) is 5.11 Å². The van der Waals surface area contributed by atoms with E-state index in [4.69, 9.17) is 25.8 Å². The number of halogens is 1. The van der Waals surface area contributed by atoms with Crippen molar-refractivity contribution in [1.29, 1.82) is 0 Å². The maximum absolute atomic E-state index is 10.7. The topological polar surface area (TPSA) is 51.2 Å². The maximum atomic E-state index is 10.7. The van der Waals surface area contributed by atoms with Gasteiger partial charge in [0.1, 0.15) is 23.4 Å². The molecule has 1 saturated carbocycles. The zero-order chi connectivity index (χ0) is 20.4. The Balaban J connectivity index is 1.40. The number of methoxy groups -OCH3 is 2. The number of aliphatic hydroxyl groups is 1. The van der Waals surface area contributed by atoms with Gasteiger partial charge in [0.15, 0.2) is 0 Å². The minimum Gasteiger partial charge on any atom is -0.497 e. The molecule has 2 fully saturated rings. The zero-order valence-electron chi connectivity index (χ0n) is 16.9. The summed E-state index contributed by atoms with van der Waals surface area (Å²) in [4.78, 5) is 2.45. The van der Waals surface area contributed by atoms with Crippen LogP contribution in [0.2, 0.25) is 5.02 Å². The van der Waals surface area contributed by atoms with E-state index < -0.39 is 6.10 Å². The predicted octanol–water partition coefficient (Wildman–Crippen LogP) is 4.01. The standard InChI is InChI=1S/C23H28ClNO4/c1-27-19-7-6-15(22(11-19)28-2)12-25-13-16-8-21(26)23(9-17(16)14-25)29-20-5-3-4-18(24)10-20/h3-7,10-11,16-17,21,23,26H,8-9,12-14H2,1-2H3/t16-,17+,21+,23+/m0/s1. The van der Waals surface area contributed by atoms with E-state index in [1.54, 1.807) is 20.3 Å². The Bertz CT molecular complexity index is 845. The fourth-order valence-corrected chi connectivity index (χ4v) is 4.86. The molecule has 0 radical (unpaired) electrons. The van der Waals surface area contributed by atoms with E-state index >= 15 is 0 Å². The van der Waals surface area contributed by atoms with Gasteiger partial charge in [0.25, 0.3) is 0 Å². The maximum Gasteiger partial charge on any atom is 0.127 e. The predicted molar refractivity (Wildman–Crippen MR) is 113 cm³/mol. The van der Waals surface area contributed by atoms with Crippen LogP contribution in [-0.2, 0) is 6.54 Å². The normalized spacial score (nSPS) is 26.8. The highest BCUT2D eigenvalue weighted by Crippen LogP contribution is 2.39. The second-order valence-corrected chi connectivity index (χ2v) is 8.48. The van der Waals surface area contributed by atoms with Crippen molar-refractivity contribution in [2.75, 3.05) is 27.3 Å². The highest BCUT2D eigenvalue weighted by molar-refractivity contribution is 6.30. The summed E-state index contributed by atoms with van der Waals surface area (Å²) in [5.41, 5.74) is 1.15. The number of hydrogen-bond acceptors (Lipinski definition) is 5. The van der Waals surface area contributed by atoms with Crippen molar-refractivity contribution in [2.45, 2.75) is 31.6 Å². The monoisotopic (exact) mass is 417 g/mol. The van der Waals surface area contributed by atoms with Gasteiger partial charge in [-0.25, -0.2) is 0 Å². The van der Waals surface area contributed by atoms with Crippen LogP contribution in [0, 0.1) is 11.8 Å². The molecule has 156 valence electrons. The molecule has 6 heteroatoms. The number of rotatable bonds is 6. The fraction of sp³-hybridized carbons (Fsp3) is 0.478. The smallest absolute Gasteiger partial charge is 0.127 e. The largest absolute Gasteiger partial charge is 0.497 e. The first-order chi connectivity index (χ1) is 14.1. The summed E-state index contributed by atoms with van der Waals surface area (Å²) in [5, 5.41) is 11.3. The van der Waals surface area contributed by atoms with Crippen LogP contribution in [0.15, 0.2) is 42.5 Å². The van der Waals surface area contributed by atoms with Crippen molar-refractivity contribution in [3.63, 3.8) is 0 Å². The summed E-state index contributed by atoms with van der Waals surface area (Å²) >= 11 is 6.06. The molecule has 0 unspecified atom stereocenters.